The predicted octanol–water partition coefficient (Wildman–Crippen LogP) is 9.53. The number of fused-ring (bicyclic) bond motifs is 9. The summed E-state index contributed by atoms with van der Waals surface area (Å²) in [5, 5.41) is 2.57. The van der Waals surface area contributed by atoms with Gasteiger partial charge < -0.3 is 18.9 Å². The third-order valence-electron chi connectivity index (χ3n) is 10.1. The van der Waals surface area contributed by atoms with Crippen molar-refractivity contribution in [3.63, 3.8) is 0 Å². The first-order valence-corrected chi connectivity index (χ1v) is 16.1. The van der Waals surface area contributed by atoms with E-state index in [-0.39, 0.29) is 12.3 Å². The number of hydrogen-bond acceptors (Lipinski definition) is 3. The van der Waals surface area contributed by atoms with Crippen molar-refractivity contribution in [2.24, 2.45) is 0 Å². The van der Waals surface area contributed by atoms with E-state index in [1.165, 1.54) is 60.8 Å². The van der Waals surface area contributed by atoms with Crippen molar-refractivity contribution in [3.8, 4) is 39.8 Å². The van der Waals surface area contributed by atoms with Crippen LogP contribution in [0.15, 0.2) is 115 Å². The Bertz CT molecular complexity index is 2450. The molecule has 0 fully saturated rings. The number of nitrogens with zero attached hydrogens (tertiary/aromatic N) is 2. The second-order valence-corrected chi connectivity index (χ2v) is 13.8. The molecule has 0 saturated carbocycles. The van der Waals surface area contributed by atoms with Crippen molar-refractivity contribution >= 4 is 51.0 Å². The molecule has 0 spiro atoms. The lowest BCUT2D eigenvalue weighted by Crippen LogP contribution is -2.60. The van der Waals surface area contributed by atoms with Gasteiger partial charge in [-0.05, 0) is 76.4 Å². The van der Waals surface area contributed by atoms with Crippen LogP contribution in [0.25, 0.3) is 38.6 Å². The van der Waals surface area contributed by atoms with Gasteiger partial charge in [-0.3, -0.25) is 0 Å². The molecule has 0 radical (unpaired) electrons. The van der Waals surface area contributed by atoms with Crippen LogP contribution in [0.3, 0.4) is 0 Å². The zero-order chi connectivity index (χ0) is 30.9. The third kappa shape index (κ3) is 3.35. The van der Waals surface area contributed by atoms with Gasteiger partial charge in [0.15, 0.2) is 23.0 Å². The summed E-state index contributed by atoms with van der Waals surface area (Å²) in [4.78, 5) is 2.55. The molecular formula is C41H31BN2O2. The minimum absolute atomic E-state index is 0.0389. The fourth-order valence-electron chi connectivity index (χ4n) is 7.93. The van der Waals surface area contributed by atoms with Gasteiger partial charge in [-0.2, -0.15) is 0 Å². The van der Waals surface area contributed by atoms with E-state index in [1.807, 2.05) is 24.3 Å². The number of ether oxygens (including phenoxy) is 2. The van der Waals surface area contributed by atoms with Gasteiger partial charge in [0.1, 0.15) is 0 Å². The second-order valence-electron chi connectivity index (χ2n) is 13.8. The predicted molar refractivity (Wildman–Crippen MR) is 190 cm³/mol. The molecule has 0 bridgehead atoms. The van der Waals surface area contributed by atoms with E-state index in [9.17, 15) is 0 Å². The summed E-state index contributed by atoms with van der Waals surface area (Å²) in [6.45, 7) is 9.10. The summed E-state index contributed by atoms with van der Waals surface area (Å²) in [5.41, 5.74) is 13.6. The van der Waals surface area contributed by atoms with E-state index in [0.717, 1.165) is 34.2 Å². The molecule has 0 N–H and O–H groups in total. The molecule has 46 heavy (non-hydrogen) atoms. The number of rotatable bonds is 1. The quantitative estimate of drug-likeness (QED) is 0.177. The topological polar surface area (TPSA) is 26.6 Å². The minimum atomic E-state index is -0.0554. The van der Waals surface area contributed by atoms with Gasteiger partial charge in [0.05, 0.1) is 11.0 Å². The van der Waals surface area contributed by atoms with E-state index in [2.05, 4.69) is 128 Å². The Morgan fingerprint density at radius 2 is 1.28 bits per heavy atom. The molecule has 220 valence electrons. The maximum absolute atomic E-state index is 6.53. The molecule has 10 rings (SSSR count). The Balaban J connectivity index is 1.37. The van der Waals surface area contributed by atoms with Crippen LogP contribution in [0.1, 0.15) is 31.9 Å². The summed E-state index contributed by atoms with van der Waals surface area (Å²) < 4.78 is 15.6. The average molecular weight is 595 g/mol. The van der Waals surface area contributed by atoms with Crippen LogP contribution in [0.5, 0.6) is 23.0 Å². The van der Waals surface area contributed by atoms with Gasteiger partial charge in [-0.1, -0.05) is 93.6 Å². The fourth-order valence-corrected chi connectivity index (χ4v) is 7.93. The van der Waals surface area contributed by atoms with Gasteiger partial charge in [0.25, 0.3) is 0 Å². The van der Waals surface area contributed by atoms with Crippen molar-refractivity contribution in [3.05, 3.63) is 126 Å². The monoisotopic (exact) mass is 594 g/mol. The molecular weight excluding hydrogens is 563 g/mol. The van der Waals surface area contributed by atoms with Crippen LogP contribution in [-0.4, -0.2) is 11.4 Å². The highest BCUT2D eigenvalue weighted by Gasteiger charge is 2.45. The van der Waals surface area contributed by atoms with Crippen LogP contribution >= 0.6 is 0 Å². The lowest BCUT2D eigenvalue weighted by Gasteiger charge is -2.43. The Kier molecular flexibility index (Phi) is 4.98. The molecule has 3 aliphatic heterocycles. The van der Waals surface area contributed by atoms with Crippen LogP contribution in [0.4, 0.5) is 11.4 Å². The summed E-state index contributed by atoms with van der Waals surface area (Å²) in [6.07, 6.45) is 0. The maximum atomic E-state index is 6.53. The van der Waals surface area contributed by atoms with Crippen molar-refractivity contribution in [2.45, 2.75) is 33.1 Å². The molecule has 6 aromatic carbocycles. The Labute approximate surface area is 268 Å². The number of aromatic nitrogens is 1. The number of aryl methyl sites for hydroxylation is 1. The fraction of sp³-hybridized carbons (Fsp3) is 0.122. The van der Waals surface area contributed by atoms with E-state index >= 15 is 0 Å². The highest BCUT2D eigenvalue weighted by Crippen LogP contribution is 2.53. The lowest BCUT2D eigenvalue weighted by molar-refractivity contribution is 0.360. The van der Waals surface area contributed by atoms with E-state index < -0.39 is 0 Å². The zero-order valence-electron chi connectivity index (χ0n) is 26.3. The standard InChI is InChI=1S/C41H31BN2O2/c1-24-12-5-7-16-31(24)44-33-23-38-37(45-35-18-9-10-19-36(35)46-38)22-28(33)29-20-25(41(2,3)4)21-34-39(29)42(44)30-15-11-14-27-26-13-6-8-17-32(26)43(34)40(27)30/h5-23H,1-4H3. The molecule has 0 saturated heterocycles. The molecule has 0 unspecified atom stereocenters. The molecule has 0 amide bonds. The van der Waals surface area contributed by atoms with Crippen LogP contribution in [0.2, 0.25) is 0 Å². The third-order valence-corrected chi connectivity index (χ3v) is 10.1. The Morgan fingerprint density at radius 3 is 2.07 bits per heavy atom. The highest BCUT2D eigenvalue weighted by molar-refractivity contribution is 6.93. The van der Waals surface area contributed by atoms with E-state index in [1.54, 1.807) is 0 Å². The van der Waals surface area contributed by atoms with E-state index in [4.69, 9.17) is 9.47 Å². The minimum Gasteiger partial charge on any atom is -0.449 e. The van der Waals surface area contributed by atoms with Crippen LogP contribution < -0.4 is 25.2 Å². The first-order chi connectivity index (χ1) is 22.4. The average Bonchev–Trinajstić information content (AvgIpc) is 3.40. The summed E-state index contributed by atoms with van der Waals surface area (Å²) in [6, 6.07) is 41.6. The van der Waals surface area contributed by atoms with Crippen molar-refractivity contribution in [1.29, 1.82) is 0 Å². The smallest absolute Gasteiger partial charge is 0.333 e. The lowest BCUT2D eigenvalue weighted by atomic mass is 9.43. The van der Waals surface area contributed by atoms with Crippen molar-refractivity contribution in [1.82, 2.24) is 4.57 Å². The van der Waals surface area contributed by atoms with Gasteiger partial charge in [-0.15, -0.1) is 0 Å². The van der Waals surface area contributed by atoms with Crippen molar-refractivity contribution < 1.29 is 9.47 Å². The number of hydrogen-bond donors (Lipinski definition) is 0. The normalized spacial score (nSPS) is 13.9. The Hall–Kier alpha value is -5.42. The molecule has 0 aliphatic carbocycles. The summed E-state index contributed by atoms with van der Waals surface area (Å²) >= 11 is 0. The molecule has 7 aromatic rings. The summed E-state index contributed by atoms with van der Waals surface area (Å²) in [7, 11) is 0. The largest absolute Gasteiger partial charge is 0.449 e. The molecule has 3 aliphatic rings. The van der Waals surface area contributed by atoms with E-state index in [0.29, 0.717) is 0 Å². The Morgan fingerprint density at radius 1 is 0.587 bits per heavy atom. The van der Waals surface area contributed by atoms with Gasteiger partial charge in [0, 0.05) is 39.5 Å². The molecule has 4 nitrogen and oxygen atoms in total. The number of anilines is 2. The SMILES string of the molecule is Cc1ccccc1N1B2c3c(cc(C(C)(C)C)cc3-n3c4ccccc4c4cccc2c43)-c2cc3c(cc21)Oc1ccccc1O3. The van der Waals surface area contributed by atoms with Crippen molar-refractivity contribution in [2.75, 3.05) is 4.81 Å². The highest BCUT2D eigenvalue weighted by atomic mass is 16.6. The zero-order valence-corrected chi connectivity index (χ0v) is 26.3. The molecule has 5 heteroatoms. The van der Waals surface area contributed by atoms with Gasteiger partial charge >= 0.3 is 6.85 Å². The van der Waals surface area contributed by atoms with Gasteiger partial charge in [0.2, 0.25) is 0 Å². The first kappa shape index (κ1) is 25.9. The molecule has 0 atom stereocenters. The number of benzene rings is 6. The first-order valence-electron chi connectivity index (χ1n) is 16.1. The maximum Gasteiger partial charge on any atom is 0.333 e. The second kappa shape index (κ2) is 8.85. The molecule has 4 heterocycles. The van der Waals surface area contributed by atoms with Gasteiger partial charge in [-0.25, -0.2) is 0 Å². The molecule has 1 aromatic heterocycles. The summed E-state index contributed by atoms with van der Waals surface area (Å²) in [5.74, 6) is 2.94. The van der Waals surface area contributed by atoms with Crippen LogP contribution in [-0.2, 0) is 5.41 Å². The van der Waals surface area contributed by atoms with Crippen LogP contribution in [0, 0.1) is 6.92 Å². The number of para-hydroxylation sites is 5.